The van der Waals surface area contributed by atoms with Crippen molar-refractivity contribution >= 4 is 11.8 Å². The predicted molar refractivity (Wildman–Crippen MR) is 85.9 cm³/mol. The molecular formula is C17H20O3S. The number of hydrogen-bond acceptors (Lipinski definition) is 4. The van der Waals surface area contributed by atoms with Gasteiger partial charge in [0.15, 0.2) is 0 Å². The molecule has 0 saturated carbocycles. The van der Waals surface area contributed by atoms with Crippen molar-refractivity contribution in [2.45, 2.75) is 11.0 Å². The highest BCUT2D eigenvalue weighted by atomic mass is 32.2. The second-order valence-electron chi connectivity index (χ2n) is 4.52. The first-order valence-corrected chi connectivity index (χ1v) is 7.86. The lowest BCUT2D eigenvalue weighted by Crippen LogP contribution is -2.08. The van der Waals surface area contributed by atoms with Gasteiger partial charge in [0.25, 0.3) is 0 Å². The molecule has 1 N–H and O–H groups in total. The summed E-state index contributed by atoms with van der Waals surface area (Å²) in [4.78, 5) is 1.15. The van der Waals surface area contributed by atoms with E-state index in [9.17, 15) is 5.11 Å². The molecule has 0 heterocycles. The van der Waals surface area contributed by atoms with Gasteiger partial charge in [0.1, 0.15) is 12.4 Å². The van der Waals surface area contributed by atoms with Crippen molar-refractivity contribution < 1.29 is 14.6 Å². The molecule has 4 heteroatoms. The van der Waals surface area contributed by atoms with E-state index in [4.69, 9.17) is 9.47 Å². The molecule has 0 radical (unpaired) electrons. The first kappa shape index (κ1) is 15.9. The van der Waals surface area contributed by atoms with Crippen molar-refractivity contribution in [1.82, 2.24) is 0 Å². The number of benzene rings is 2. The fourth-order valence-corrected chi connectivity index (χ4v) is 2.78. The van der Waals surface area contributed by atoms with Gasteiger partial charge >= 0.3 is 0 Å². The van der Waals surface area contributed by atoms with Crippen LogP contribution in [0.2, 0.25) is 0 Å². The molecule has 0 amide bonds. The average molecular weight is 304 g/mol. The standard InChI is InChI=1S/C17H20O3S/c1-19-11-12-20-17-10-6-5-9-15(17)16(18)13-21-14-7-3-2-4-8-14/h2-10,16,18H,11-13H2,1H3. The molecule has 3 nitrogen and oxygen atoms in total. The van der Waals surface area contributed by atoms with Gasteiger partial charge < -0.3 is 14.6 Å². The highest BCUT2D eigenvalue weighted by molar-refractivity contribution is 7.99. The Morgan fingerprint density at radius 2 is 1.71 bits per heavy atom. The molecule has 0 fully saturated rings. The van der Waals surface area contributed by atoms with E-state index in [2.05, 4.69) is 0 Å². The van der Waals surface area contributed by atoms with Crippen LogP contribution >= 0.6 is 11.8 Å². The Morgan fingerprint density at radius 3 is 2.48 bits per heavy atom. The summed E-state index contributed by atoms with van der Waals surface area (Å²) in [6.07, 6.45) is -0.561. The fourth-order valence-electron chi connectivity index (χ4n) is 1.90. The van der Waals surface area contributed by atoms with E-state index < -0.39 is 6.10 Å². The molecule has 0 aliphatic heterocycles. The Labute approximate surface area is 129 Å². The van der Waals surface area contributed by atoms with Gasteiger partial charge in [-0.1, -0.05) is 36.4 Å². The molecule has 0 aliphatic rings. The van der Waals surface area contributed by atoms with Gasteiger partial charge in [-0.2, -0.15) is 0 Å². The third-order valence-corrected chi connectivity index (χ3v) is 4.06. The maximum atomic E-state index is 10.4. The van der Waals surface area contributed by atoms with E-state index in [0.29, 0.717) is 19.0 Å². The molecule has 2 aromatic carbocycles. The molecule has 1 unspecified atom stereocenters. The number of thioether (sulfide) groups is 1. The summed E-state index contributed by atoms with van der Waals surface area (Å²) in [6.45, 7) is 1.01. The van der Waals surface area contributed by atoms with E-state index in [-0.39, 0.29) is 0 Å². The Morgan fingerprint density at radius 1 is 1.00 bits per heavy atom. The van der Waals surface area contributed by atoms with Crippen LogP contribution in [0.4, 0.5) is 0 Å². The third-order valence-electron chi connectivity index (χ3n) is 2.97. The zero-order chi connectivity index (χ0) is 14.9. The number of para-hydroxylation sites is 1. The molecule has 2 aromatic rings. The summed E-state index contributed by atoms with van der Waals surface area (Å²) in [7, 11) is 1.64. The first-order valence-electron chi connectivity index (χ1n) is 6.88. The largest absolute Gasteiger partial charge is 0.491 e. The van der Waals surface area contributed by atoms with Crippen LogP contribution in [0.25, 0.3) is 0 Å². The van der Waals surface area contributed by atoms with Crippen LogP contribution in [-0.2, 0) is 4.74 Å². The van der Waals surface area contributed by atoms with Gasteiger partial charge in [-0.05, 0) is 18.2 Å². The van der Waals surface area contributed by atoms with Crippen molar-refractivity contribution in [3.63, 3.8) is 0 Å². The summed E-state index contributed by atoms with van der Waals surface area (Å²) in [5.41, 5.74) is 0.817. The quantitative estimate of drug-likeness (QED) is 0.598. The lowest BCUT2D eigenvalue weighted by atomic mass is 10.1. The van der Waals surface area contributed by atoms with Crippen molar-refractivity contribution in [3.8, 4) is 5.75 Å². The van der Waals surface area contributed by atoms with Gasteiger partial charge in [0, 0.05) is 23.3 Å². The molecule has 0 aliphatic carbocycles. The minimum absolute atomic E-state index is 0.478. The van der Waals surface area contributed by atoms with Gasteiger partial charge in [0.05, 0.1) is 12.7 Å². The van der Waals surface area contributed by atoms with Crippen molar-refractivity contribution in [2.24, 2.45) is 0 Å². The van der Waals surface area contributed by atoms with Crippen molar-refractivity contribution in [3.05, 3.63) is 60.2 Å². The summed E-state index contributed by atoms with van der Waals surface area (Å²) in [5.74, 6) is 1.31. The summed E-state index contributed by atoms with van der Waals surface area (Å²) >= 11 is 1.63. The summed E-state index contributed by atoms with van der Waals surface area (Å²) in [5, 5.41) is 10.4. The number of ether oxygens (including phenoxy) is 2. The Kier molecular flexibility index (Phi) is 6.60. The SMILES string of the molecule is COCCOc1ccccc1C(O)CSc1ccccc1. The molecule has 21 heavy (non-hydrogen) atoms. The number of hydrogen-bond donors (Lipinski definition) is 1. The number of methoxy groups -OCH3 is 1. The number of aliphatic hydroxyl groups excluding tert-OH is 1. The summed E-state index contributed by atoms with van der Waals surface area (Å²) < 4.78 is 10.6. The highest BCUT2D eigenvalue weighted by Crippen LogP contribution is 2.30. The molecule has 0 bridgehead atoms. The second-order valence-corrected chi connectivity index (χ2v) is 5.61. The summed E-state index contributed by atoms with van der Waals surface area (Å²) in [6, 6.07) is 17.7. The fraction of sp³-hybridized carbons (Fsp3) is 0.294. The van der Waals surface area contributed by atoms with Crippen LogP contribution in [0.15, 0.2) is 59.5 Å². The maximum Gasteiger partial charge on any atom is 0.125 e. The van der Waals surface area contributed by atoms with Gasteiger partial charge in [-0.25, -0.2) is 0 Å². The third kappa shape index (κ3) is 5.08. The maximum absolute atomic E-state index is 10.4. The Hall–Kier alpha value is -1.49. The zero-order valence-corrected chi connectivity index (χ0v) is 12.9. The minimum Gasteiger partial charge on any atom is -0.491 e. The van der Waals surface area contributed by atoms with E-state index in [1.807, 2.05) is 54.6 Å². The van der Waals surface area contributed by atoms with E-state index in [0.717, 1.165) is 16.2 Å². The molecule has 0 saturated heterocycles. The van der Waals surface area contributed by atoms with Crippen LogP contribution in [0.5, 0.6) is 5.75 Å². The van der Waals surface area contributed by atoms with E-state index >= 15 is 0 Å². The average Bonchev–Trinajstić information content (AvgIpc) is 2.54. The van der Waals surface area contributed by atoms with E-state index in [1.165, 1.54) is 0 Å². The zero-order valence-electron chi connectivity index (χ0n) is 12.1. The van der Waals surface area contributed by atoms with Gasteiger partial charge in [-0.3, -0.25) is 0 Å². The van der Waals surface area contributed by atoms with Crippen LogP contribution < -0.4 is 4.74 Å². The smallest absolute Gasteiger partial charge is 0.125 e. The lowest BCUT2D eigenvalue weighted by Gasteiger charge is -2.16. The Balaban J connectivity index is 1.96. The Bertz CT molecular complexity index is 531. The van der Waals surface area contributed by atoms with Crippen molar-refractivity contribution in [2.75, 3.05) is 26.1 Å². The second kappa shape index (κ2) is 8.72. The first-order chi connectivity index (χ1) is 10.3. The van der Waals surface area contributed by atoms with Crippen molar-refractivity contribution in [1.29, 1.82) is 0 Å². The molecular weight excluding hydrogens is 284 g/mol. The molecule has 0 aromatic heterocycles. The highest BCUT2D eigenvalue weighted by Gasteiger charge is 2.13. The minimum atomic E-state index is -0.561. The molecule has 0 spiro atoms. The monoisotopic (exact) mass is 304 g/mol. The normalized spacial score (nSPS) is 12.1. The van der Waals surface area contributed by atoms with Crippen LogP contribution in [-0.4, -0.2) is 31.2 Å². The van der Waals surface area contributed by atoms with Gasteiger partial charge in [-0.15, -0.1) is 11.8 Å². The van der Waals surface area contributed by atoms with Crippen LogP contribution in [0, 0.1) is 0 Å². The van der Waals surface area contributed by atoms with Crippen LogP contribution in [0.3, 0.4) is 0 Å². The lowest BCUT2D eigenvalue weighted by molar-refractivity contribution is 0.141. The van der Waals surface area contributed by atoms with Gasteiger partial charge in [0.2, 0.25) is 0 Å². The number of rotatable bonds is 8. The predicted octanol–water partition coefficient (Wildman–Crippen LogP) is 3.54. The van der Waals surface area contributed by atoms with E-state index in [1.54, 1.807) is 18.9 Å². The molecule has 112 valence electrons. The molecule has 1 atom stereocenters. The number of aliphatic hydroxyl groups is 1. The molecule has 2 rings (SSSR count). The van der Waals surface area contributed by atoms with Crippen LogP contribution in [0.1, 0.15) is 11.7 Å². The topological polar surface area (TPSA) is 38.7 Å².